The summed E-state index contributed by atoms with van der Waals surface area (Å²) in [5, 5.41) is 11.0. The van der Waals surface area contributed by atoms with Crippen LogP contribution in [0.4, 0.5) is 5.82 Å². The molecule has 0 radical (unpaired) electrons. The molecule has 3 rings (SSSR count). The Labute approximate surface area is 134 Å². The molecule has 0 bridgehead atoms. The second kappa shape index (κ2) is 6.80. The summed E-state index contributed by atoms with van der Waals surface area (Å²) in [5.41, 5.74) is 6.55. The van der Waals surface area contributed by atoms with Crippen molar-refractivity contribution >= 4 is 11.7 Å². The predicted molar refractivity (Wildman–Crippen MR) is 83.6 cm³/mol. The zero-order valence-electron chi connectivity index (χ0n) is 13.3. The Morgan fingerprint density at radius 1 is 1.48 bits per heavy atom. The van der Waals surface area contributed by atoms with E-state index in [1.54, 1.807) is 6.07 Å². The van der Waals surface area contributed by atoms with Crippen LogP contribution in [0.15, 0.2) is 10.6 Å². The number of anilines is 1. The average Bonchev–Trinajstić information content (AvgIpc) is 3.21. The molecule has 1 saturated carbocycles. The molecule has 8 heteroatoms. The lowest BCUT2D eigenvalue weighted by molar-refractivity contribution is -0.121. The van der Waals surface area contributed by atoms with Gasteiger partial charge in [0.2, 0.25) is 11.8 Å². The first-order chi connectivity index (χ1) is 11.1. The van der Waals surface area contributed by atoms with E-state index in [4.69, 9.17) is 10.3 Å². The van der Waals surface area contributed by atoms with Crippen LogP contribution in [0.25, 0.3) is 0 Å². The van der Waals surface area contributed by atoms with Crippen molar-refractivity contribution in [3.63, 3.8) is 0 Å². The van der Waals surface area contributed by atoms with E-state index in [1.165, 1.54) is 17.5 Å². The molecule has 1 amide bonds. The monoisotopic (exact) mass is 318 g/mol. The van der Waals surface area contributed by atoms with Crippen LogP contribution in [-0.4, -0.2) is 32.4 Å². The molecule has 0 saturated heterocycles. The molecule has 3 N–H and O–H groups in total. The van der Waals surface area contributed by atoms with Crippen molar-refractivity contribution in [1.82, 2.24) is 25.2 Å². The Morgan fingerprint density at radius 2 is 2.26 bits per heavy atom. The van der Waals surface area contributed by atoms with Gasteiger partial charge < -0.3 is 15.6 Å². The highest BCUT2D eigenvalue weighted by atomic mass is 16.5. The Morgan fingerprint density at radius 3 is 2.96 bits per heavy atom. The van der Waals surface area contributed by atoms with Crippen molar-refractivity contribution in [3.8, 4) is 0 Å². The van der Waals surface area contributed by atoms with E-state index in [9.17, 15) is 4.79 Å². The van der Waals surface area contributed by atoms with Gasteiger partial charge in [0, 0.05) is 24.9 Å². The minimum Gasteiger partial charge on any atom is -0.384 e. The van der Waals surface area contributed by atoms with Gasteiger partial charge in [-0.3, -0.25) is 4.79 Å². The Hall–Kier alpha value is -2.38. The minimum atomic E-state index is -0.140. The quantitative estimate of drug-likeness (QED) is 0.827. The Bertz CT molecular complexity index is 671. The lowest BCUT2D eigenvalue weighted by Gasteiger charge is -2.05. The van der Waals surface area contributed by atoms with Crippen LogP contribution in [-0.2, 0) is 17.8 Å². The van der Waals surface area contributed by atoms with Crippen LogP contribution in [0.5, 0.6) is 0 Å². The SMILES string of the molecule is Cc1cc(N)n(CC(=O)NCCc2noc(C3CCCC3)n2)n1. The molecule has 2 aromatic rings. The van der Waals surface area contributed by atoms with Crippen LogP contribution in [0, 0.1) is 6.92 Å². The van der Waals surface area contributed by atoms with E-state index in [0.717, 1.165) is 24.4 Å². The number of nitrogen functional groups attached to an aromatic ring is 1. The van der Waals surface area contributed by atoms with Crippen molar-refractivity contribution in [3.05, 3.63) is 23.5 Å². The van der Waals surface area contributed by atoms with Crippen LogP contribution in [0.1, 0.15) is 49.0 Å². The third-order valence-corrected chi connectivity index (χ3v) is 4.09. The zero-order chi connectivity index (χ0) is 16.2. The van der Waals surface area contributed by atoms with E-state index < -0.39 is 0 Å². The predicted octanol–water partition coefficient (Wildman–Crippen LogP) is 1.17. The van der Waals surface area contributed by atoms with Crippen molar-refractivity contribution in [2.24, 2.45) is 0 Å². The average molecular weight is 318 g/mol. The fourth-order valence-corrected chi connectivity index (χ4v) is 2.91. The zero-order valence-corrected chi connectivity index (χ0v) is 13.3. The van der Waals surface area contributed by atoms with Crippen LogP contribution in [0.2, 0.25) is 0 Å². The number of carbonyl (C=O) groups is 1. The highest BCUT2D eigenvalue weighted by Gasteiger charge is 2.22. The van der Waals surface area contributed by atoms with E-state index in [1.807, 2.05) is 6.92 Å². The number of hydrogen-bond acceptors (Lipinski definition) is 6. The van der Waals surface area contributed by atoms with Crippen molar-refractivity contribution in [2.75, 3.05) is 12.3 Å². The molecule has 2 heterocycles. The lowest BCUT2D eigenvalue weighted by atomic mass is 10.1. The first kappa shape index (κ1) is 15.5. The van der Waals surface area contributed by atoms with Gasteiger partial charge in [0.15, 0.2) is 5.82 Å². The Balaban J connectivity index is 1.44. The highest BCUT2D eigenvalue weighted by molar-refractivity contribution is 5.76. The van der Waals surface area contributed by atoms with Crippen molar-refractivity contribution in [1.29, 1.82) is 0 Å². The van der Waals surface area contributed by atoms with Gasteiger partial charge in [-0.25, -0.2) is 4.68 Å². The summed E-state index contributed by atoms with van der Waals surface area (Å²) in [6.45, 7) is 2.41. The minimum absolute atomic E-state index is 0.110. The maximum absolute atomic E-state index is 11.9. The number of carbonyl (C=O) groups excluding carboxylic acids is 1. The molecule has 8 nitrogen and oxygen atoms in total. The highest BCUT2D eigenvalue weighted by Crippen LogP contribution is 2.32. The number of nitrogens with zero attached hydrogens (tertiary/aromatic N) is 4. The standard InChI is InChI=1S/C15H22N6O2/c1-10-8-12(16)21(19-10)9-14(22)17-7-6-13-18-15(23-20-13)11-4-2-3-5-11/h8,11H,2-7,9,16H2,1H3,(H,17,22). The first-order valence-corrected chi connectivity index (χ1v) is 8.01. The summed E-state index contributed by atoms with van der Waals surface area (Å²) >= 11 is 0. The molecule has 1 aliphatic rings. The third kappa shape index (κ3) is 3.88. The van der Waals surface area contributed by atoms with Gasteiger partial charge in [-0.15, -0.1) is 0 Å². The van der Waals surface area contributed by atoms with Gasteiger partial charge in [0.05, 0.1) is 5.69 Å². The normalized spacial score (nSPS) is 15.2. The van der Waals surface area contributed by atoms with E-state index in [2.05, 4.69) is 20.6 Å². The summed E-state index contributed by atoms with van der Waals surface area (Å²) in [6, 6.07) is 1.73. The van der Waals surface area contributed by atoms with Gasteiger partial charge >= 0.3 is 0 Å². The van der Waals surface area contributed by atoms with E-state index in [-0.39, 0.29) is 12.5 Å². The summed E-state index contributed by atoms with van der Waals surface area (Å²) in [6.07, 6.45) is 5.27. The number of rotatable bonds is 6. The van der Waals surface area contributed by atoms with Crippen molar-refractivity contribution in [2.45, 2.75) is 51.5 Å². The summed E-state index contributed by atoms with van der Waals surface area (Å²) in [5.74, 6) is 2.14. The summed E-state index contributed by atoms with van der Waals surface area (Å²) in [7, 11) is 0. The number of aromatic nitrogens is 4. The lowest BCUT2D eigenvalue weighted by Crippen LogP contribution is -2.30. The molecule has 1 fully saturated rings. The first-order valence-electron chi connectivity index (χ1n) is 8.01. The molecule has 124 valence electrons. The number of nitrogens with two attached hydrogens (primary N) is 1. The van der Waals surface area contributed by atoms with Gasteiger partial charge in [-0.1, -0.05) is 18.0 Å². The molecule has 0 spiro atoms. The van der Waals surface area contributed by atoms with Gasteiger partial charge in [0.1, 0.15) is 12.4 Å². The molecule has 0 aliphatic heterocycles. The molecule has 1 aliphatic carbocycles. The summed E-state index contributed by atoms with van der Waals surface area (Å²) < 4.78 is 6.80. The van der Waals surface area contributed by atoms with E-state index >= 15 is 0 Å². The molecule has 0 aromatic carbocycles. The van der Waals surface area contributed by atoms with Gasteiger partial charge in [0.25, 0.3) is 0 Å². The topological polar surface area (TPSA) is 112 Å². The Kier molecular flexibility index (Phi) is 4.59. The summed E-state index contributed by atoms with van der Waals surface area (Å²) in [4.78, 5) is 16.3. The van der Waals surface area contributed by atoms with Gasteiger partial charge in [-0.05, 0) is 19.8 Å². The second-order valence-corrected chi connectivity index (χ2v) is 6.00. The second-order valence-electron chi connectivity index (χ2n) is 6.00. The number of hydrogen-bond donors (Lipinski definition) is 2. The van der Waals surface area contributed by atoms with Crippen molar-refractivity contribution < 1.29 is 9.32 Å². The number of aryl methyl sites for hydroxylation is 1. The molecule has 2 aromatic heterocycles. The van der Waals surface area contributed by atoms with Crippen LogP contribution >= 0.6 is 0 Å². The maximum Gasteiger partial charge on any atom is 0.241 e. The fraction of sp³-hybridized carbons (Fsp3) is 0.600. The number of nitrogens with one attached hydrogen (secondary N) is 1. The maximum atomic E-state index is 11.9. The largest absolute Gasteiger partial charge is 0.384 e. The van der Waals surface area contributed by atoms with Crippen LogP contribution < -0.4 is 11.1 Å². The van der Waals surface area contributed by atoms with Gasteiger partial charge in [-0.2, -0.15) is 10.1 Å². The molecule has 23 heavy (non-hydrogen) atoms. The van der Waals surface area contributed by atoms with E-state index in [0.29, 0.717) is 30.5 Å². The number of amides is 1. The van der Waals surface area contributed by atoms with Crippen LogP contribution in [0.3, 0.4) is 0 Å². The fourth-order valence-electron chi connectivity index (χ4n) is 2.91. The third-order valence-electron chi connectivity index (χ3n) is 4.09. The molecular formula is C15H22N6O2. The molecular weight excluding hydrogens is 296 g/mol. The molecule has 0 unspecified atom stereocenters. The molecule has 0 atom stereocenters. The smallest absolute Gasteiger partial charge is 0.241 e.